The van der Waals surface area contributed by atoms with Gasteiger partial charge in [0.05, 0.1) is 4.90 Å². The monoisotopic (exact) mass is 510 g/mol. The van der Waals surface area contributed by atoms with Gasteiger partial charge in [0.1, 0.15) is 0 Å². The van der Waals surface area contributed by atoms with Gasteiger partial charge in [-0.15, -0.1) is 0 Å². The maximum atomic E-state index is 12.8. The molecule has 192 valence electrons. The molecule has 2 heterocycles. The van der Waals surface area contributed by atoms with Gasteiger partial charge >= 0.3 is 0 Å². The zero-order chi connectivity index (χ0) is 25.1. The molecule has 36 heavy (non-hydrogen) atoms. The SMILES string of the molecule is O=C(CCNS(=O)(=O)c1ccc2c(c1)CCN2C(=O)C1CC1)NC1CCN(Cc2ccccc2)CC1. The molecule has 5 rings (SSSR count). The first-order valence-electron chi connectivity index (χ1n) is 12.9. The number of amides is 2. The summed E-state index contributed by atoms with van der Waals surface area (Å²) in [5.74, 6) is 0.145. The molecule has 3 aliphatic rings. The number of likely N-dealkylation sites (tertiary alicyclic amines) is 1. The quantitative estimate of drug-likeness (QED) is 0.540. The fraction of sp³-hybridized carbons (Fsp3) is 0.481. The molecule has 1 saturated heterocycles. The van der Waals surface area contributed by atoms with Gasteiger partial charge < -0.3 is 10.2 Å². The van der Waals surface area contributed by atoms with E-state index in [0.29, 0.717) is 13.0 Å². The maximum absolute atomic E-state index is 12.8. The molecule has 1 saturated carbocycles. The van der Waals surface area contributed by atoms with Crippen LogP contribution < -0.4 is 14.9 Å². The van der Waals surface area contributed by atoms with Crippen molar-refractivity contribution in [3.63, 3.8) is 0 Å². The van der Waals surface area contributed by atoms with Gasteiger partial charge in [0.2, 0.25) is 21.8 Å². The molecule has 1 aliphatic carbocycles. The lowest BCUT2D eigenvalue weighted by Crippen LogP contribution is -2.45. The second-order valence-electron chi connectivity index (χ2n) is 10.1. The van der Waals surface area contributed by atoms with Crippen molar-refractivity contribution in [2.45, 2.75) is 56.0 Å². The average molecular weight is 511 g/mol. The Balaban J connectivity index is 1.06. The summed E-state index contributed by atoms with van der Waals surface area (Å²) in [5, 5.41) is 3.05. The summed E-state index contributed by atoms with van der Waals surface area (Å²) in [4.78, 5) is 29.2. The lowest BCUT2D eigenvalue weighted by Gasteiger charge is -2.32. The Morgan fingerprint density at radius 3 is 2.42 bits per heavy atom. The molecule has 2 aromatic rings. The number of nitrogens with zero attached hydrogens (tertiary/aromatic N) is 2. The van der Waals surface area contributed by atoms with Crippen LogP contribution in [0.1, 0.15) is 43.2 Å². The first-order valence-corrected chi connectivity index (χ1v) is 14.4. The number of hydrogen-bond acceptors (Lipinski definition) is 5. The Bertz CT molecular complexity index is 1210. The highest BCUT2D eigenvalue weighted by Crippen LogP contribution is 2.37. The molecule has 9 heteroatoms. The third-order valence-corrected chi connectivity index (χ3v) is 8.75. The van der Waals surface area contributed by atoms with E-state index in [0.717, 1.165) is 56.6 Å². The van der Waals surface area contributed by atoms with E-state index >= 15 is 0 Å². The predicted molar refractivity (Wildman–Crippen MR) is 138 cm³/mol. The van der Waals surface area contributed by atoms with Crippen LogP contribution in [0, 0.1) is 5.92 Å². The summed E-state index contributed by atoms with van der Waals surface area (Å²) in [7, 11) is -3.73. The van der Waals surface area contributed by atoms with E-state index in [-0.39, 0.29) is 41.6 Å². The van der Waals surface area contributed by atoms with Gasteiger partial charge in [0.25, 0.3) is 0 Å². The first kappa shape index (κ1) is 24.9. The van der Waals surface area contributed by atoms with Crippen molar-refractivity contribution in [2.24, 2.45) is 5.92 Å². The van der Waals surface area contributed by atoms with Gasteiger partial charge in [-0.25, -0.2) is 13.1 Å². The number of sulfonamides is 1. The van der Waals surface area contributed by atoms with Gasteiger partial charge in [-0.2, -0.15) is 0 Å². The zero-order valence-corrected chi connectivity index (χ0v) is 21.3. The van der Waals surface area contributed by atoms with Crippen molar-refractivity contribution in [3.8, 4) is 0 Å². The number of fused-ring (bicyclic) bond motifs is 1. The summed E-state index contributed by atoms with van der Waals surface area (Å²) in [5.41, 5.74) is 2.99. The average Bonchev–Trinajstić information content (AvgIpc) is 3.64. The summed E-state index contributed by atoms with van der Waals surface area (Å²) >= 11 is 0. The normalized spacial score (nSPS) is 18.7. The predicted octanol–water partition coefficient (Wildman–Crippen LogP) is 2.43. The van der Waals surface area contributed by atoms with Crippen molar-refractivity contribution in [2.75, 3.05) is 31.1 Å². The van der Waals surface area contributed by atoms with Crippen LogP contribution in [0.4, 0.5) is 5.69 Å². The van der Waals surface area contributed by atoms with Crippen LogP contribution in [0.5, 0.6) is 0 Å². The van der Waals surface area contributed by atoms with Gasteiger partial charge in [-0.05, 0) is 61.4 Å². The van der Waals surface area contributed by atoms with Crippen LogP contribution in [0.2, 0.25) is 0 Å². The van der Waals surface area contributed by atoms with Crippen LogP contribution in [-0.4, -0.2) is 57.4 Å². The van der Waals surface area contributed by atoms with E-state index in [1.165, 1.54) is 5.56 Å². The van der Waals surface area contributed by atoms with Gasteiger partial charge in [-0.1, -0.05) is 30.3 Å². The second kappa shape index (κ2) is 10.7. The molecule has 0 aromatic heterocycles. The molecule has 0 unspecified atom stereocenters. The highest BCUT2D eigenvalue weighted by molar-refractivity contribution is 7.89. The molecule has 2 N–H and O–H groups in total. The topological polar surface area (TPSA) is 98.8 Å². The zero-order valence-electron chi connectivity index (χ0n) is 20.5. The Labute approximate surface area is 213 Å². The van der Waals surface area contributed by atoms with E-state index in [1.807, 2.05) is 18.2 Å². The largest absolute Gasteiger partial charge is 0.353 e. The Kier molecular flexibility index (Phi) is 7.41. The molecular weight excluding hydrogens is 476 g/mol. The Morgan fingerprint density at radius 1 is 0.944 bits per heavy atom. The highest BCUT2D eigenvalue weighted by Gasteiger charge is 2.36. The molecule has 0 spiro atoms. The number of carbonyl (C=O) groups excluding carboxylic acids is 2. The van der Waals surface area contributed by atoms with Gasteiger partial charge in [0, 0.05) is 56.8 Å². The standard InChI is InChI=1S/C27H34N4O4S/c32-26(29-23-12-15-30(16-13-23)19-20-4-2-1-3-5-20)10-14-28-36(34,35)24-8-9-25-22(18-24)11-17-31(25)27(33)21-6-7-21/h1-5,8-9,18,21,23,28H,6-7,10-17,19H2,(H,29,32). The highest BCUT2D eigenvalue weighted by atomic mass is 32.2. The minimum Gasteiger partial charge on any atom is -0.353 e. The van der Waals surface area contributed by atoms with Crippen LogP contribution in [-0.2, 0) is 32.6 Å². The van der Waals surface area contributed by atoms with Crippen molar-refractivity contribution < 1.29 is 18.0 Å². The first-order chi connectivity index (χ1) is 17.4. The summed E-state index contributed by atoms with van der Waals surface area (Å²) in [6.07, 6.45) is 4.42. The number of piperidine rings is 1. The third kappa shape index (κ3) is 5.96. The summed E-state index contributed by atoms with van der Waals surface area (Å²) in [6, 6.07) is 15.4. The lowest BCUT2D eigenvalue weighted by molar-refractivity contribution is -0.122. The van der Waals surface area contributed by atoms with E-state index in [1.54, 1.807) is 23.1 Å². The minimum atomic E-state index is -3.73. The van der Waals surface area contributed by atoms with Crippen molar-refractivity contribution in [1.82, 2.24) is 14.9 Å². The van der Waals surface area contributed by atoms with Crippen LogP contribution in [0.3, 0.4) is 0 Å². The Morgan fingerprint density at radius 2 is 1.69 bits per heavy atom. The smallest absolute Gasteiger partial charge is 0.240 e. The minimum absolute atomic E-state index is 0.0460. The van der Waals surface area contributed by atoms with Crippen LogP contribution in [0.15, 0.2) is 53.4 Å². The molecule has 8 nitrogen and oxygen atoms in total. The molecule has 2 amide bonds. The van der Waals surface area contributed by atoms with Crippen molar-refractivity contribution >= 4 is 27.5 Å². The van der Waals surface area contributed by atoms with E-state index in [2.05, 4.69) is 27.1 Å². The van der Waals surface area contributed by atoms with Crippen molar-refractivity contribution in [3.05, 3.63) is 59.7 Å². The van der Waals surface area contributed by atoms with E-state index < -0.39 is 10.0 Å². The number of anilines is 1. The molecule has 0 radical (unpaired) electrons. The van der Waals surface area contributed by atoms with Gasteiger partial charge in [0.15, 0.2) is 0 Å². The van der Waals surface area contributed by atoms with E-state index in [4.69, 9.17) is 0 Å². The summed E-state index contributed by atoms with van der Waals surface area (Å²) in [6.45, 7) is 3.42. The molecule has 0 bridgehead atoms. The molecule has 2 aromatic carbocycles. The molecular formula is C27H34N4O4S. The van der Waals surface area contributed by atoms with Crippen LogP contribution in [0.25, 0.3) is 0 Å². The fourth-order valence-electron chi connectivity index (χ4n) is 5.08. The maximum Gasteiger partial charge on any atom is 0.240 e. The summed E-state index contributed by atoms with van der Waals surface area (Å²) < 4.78 is 28.1. The molecule has 0 atom stereocenters. The van der Waals surface area contributed by atoms with E-state index in [9.17, 15) is 18.0 Å². The molecule has 2 aliphatic heterocycles. The number of carbonyl (C=O) groups is 2. The second-order valence-corrected chi connectivity index (χ2v) is 11.8. The third-order valence-electron chi connectivity index (χ3n) is 7.30. The number of benzene rings is 2. The Hall–Kier alpha value is -2.75. The van der Waals surface area contributed by atoms with Crippen LogP contribution >= 0.6 is 0 Å². The lowest BCUT2D eigenvalue weighted by atomic mass is 10.0. The number of hydrogen-bond donors (Lipinski definition) is 2. The molecule has 2 fully saturated rings. The number of nitrogens with one attached hydrogen (secondary N) is 2. The number of rotatable bonds is 9. The van der Waals surface area contributed by atoms with Crippen molar-refractivity contribution in [1.29, 1.82) is 0 Å². The fourth-order valence-corrected chi connectivity index (χ4v) is 6.17. The van der Waals surface area contributed by atoms with Gasteiger partial charge in [-0.3, -0.25) is 14.5 Å².